The molecule has 37 heavy (non-hydrogen) atoms. The second-order valence-electron chi connectivity index (χ2n) is 10.4. The van der Waals surface area contributed by atoms with Crippen molar-refractivity contribution in [3.63, 3.8) is 0 Å². The molecule has 7 heteroatoms. The summed E-state index contributed by atoms with van der Waals surface area (Å²) in [6.45, 7) is 8.05. The summed E-state index contributed by atoms with van der Waals surface area (Å²) in [5.74, 6) is -0.555. The monoisotopic (exact) mass is 506 g/mol. The molecule has 2 amide bonds. The Labute approximate surface area is 216 Å². The lowest BCUT2D eigenvalue weighted by atomic mass is 9.85. The number of hydrogen-bond acceptors (Lipinski definition) is 3. The predicted octanol–water partition coefficient (Wildman–Crippen LogP) is 5.57. The standard InChI is InChI=1S/C30H32F2N2O3/c1-19(28(35)33-18-20-8-11-23(31)12-9-20)37-25-13-10-21-14-15-34(29(36)30(2,3)4)27(26(21)17-25)22-6-5-7-24(32)16-22/h5-13,16-17,19,27H,14-15,18H2,1-4H3,(H,33,35)/t19-,27+/m0/s1. The van der Waals surface area contributed by atoms with Crippen molar-refractivity contribution < 1.29 is 23.1 Å². The summed E-state index contributed by atoms with van der Waals surface area (Å²) in [6, 6.07) is 17.4. The lowest BCUT2D eigenvalue weighted by molar-refractivity contribution is -0.141. The highest BCUT2D eigenvalue weighted by Crippen LogP contribution is 2.39. The van der Waals surface area contributed by atoms with E-state index in [1.54, 1.807) is 30.0 Å². The van der Waals surface area contributed by atoms with Gasteiger partial charge in [-0.3, -0.25) is 9.59 Å². The Hall–Kier alpha value is -3.74. The lowest BCUT2D eigenvalue weighted by Crippen LogP contribution is -2.45. The first-order valence-electron chi connectivity index (χ1n) is 12.4. The van der Waals surface area contributed by atoms with E-state index in [-0.39, 0.29) is 30.0 Å². The van der Waals surface area contributed by atoms with Gasteiger partial charge in [0, 0.05) is 18.5 Å². The highest BCUT2D eigenvalue weighted by atomic mass is 19.1. The van der Waals surface area contributed by atoms with E-state index in [0.29, 0.717) is 24.3 Å². The van der Waals surface area contributed by atoms with Crippen LogP contribution in [0, 0.1) is 17.0 Å². The number of nitrogens with one attached hydrogen (secondary N) is 1. The van der Waals surface area contributed by atoms with Crippen LogP contribution in [0.15, 0.2) is 66.7 Å². The molecular formula is C30H32F2N2O3. The second kappa shape index (κ2) is 10.7. The number of nitrogens with zero attached hydrogens (tertiary/aromatic N) is 1. The zero-order valence-electron chi connectivity index (χ0n) is 21.6. The van der Waals surface area contributed by atoms with Crippen LogP contribution in [0.3, 0.4) is 0 Å². The minimum absolute atomic E-state index is 0.0210. The van der Waals surface area contributed by atoms with E-state index in [1.165, 1.54) is 24.3 Å². The quantitative estimate of drug-likeness (QED) is 0.476. The van der Waals surface area contributed by atoms with E-state index in [2.05, 4.69) is 5.32 Å². The van der Waals surface area contributed by atoms with Crippen molar-refractivity contribution in [2.24, 2.45) is 5.41 Å². The summed E-state index contributed by atoms with van der Waals surface area (Å²) in [5.41, 5.74) is 2.76. The molecule has 2 atom stereocenters. The third-order valence-corrected chi connectivity index (χ3v) is 6.47. The number of amides is 2. The van der Waals surface area contributed by atoms with E-state index >= 15 is 0 Å². The van der Waals surface area contributed by atoms with Crippen LogP contribution in [0.5, 0.6) is 5.75 Å². The molecule has 3 aromatic rings. The summed E-state index contributed by atoms with van der Waals surface area (Å²) in [6.07, 6.45) is -0.126. The Morgan fingerprint density at radius 3 is 2.43 bits per heavy atom. The number of carbonyl (C=O) groups excluding carboxylic acids is 2. The Morgan fingerprint density at radius 2 is 1.76 bits per heavy atom. The number of carbonyl (C=O) groups is 2. The lowest BCUT2D eigenvalue weighted by Gasteiger charge is -2.41. The molecule has 194 valence electrons. The van der Waals surface area contributed by atoms with Gasteiger partial charge in [0.15, 0.2) is 6.10 Å². The van der Waals surface area contributed by atoms with Crippen molar-refractivity contribution in [3.05, 3.63) is 101 Å². The third kappa shape index (κ3) is 6.16. The third-order valence-electron chi connectivity index (χ3n) is 6.47. The molecule has 3 aromatic carbocycles. The number of rotatable bonds is 6. The fraction of sp³-hybridized carbons (Fsp3) is 0.333. The van der Waals surface area contributed by atoms with Crippen LogP contribution in [0.2, 0.25) is 0 Å². The summed E-state index contributed by atoms with van der Waals surface area (Å²) in [5, 5.41) is 2.80. The molecule has 1 aliphatic rings. The molecule has 0 unspecified atom stereocenters. The van der Waals surface area contributed by atoms with Gasteiger partial charge < -0.3 is 15.0 Å². The molecule has 1 N–H and O–H groups in total. The predicted molar refractivity (Wildman–Crippen MR) is 138 cm³/mol. The number of fused-ring (bicyclic) bond motifs is 1. The first-order valence-corrected chi connectivity index (χ1v) is 12.4. The molecule has 4 rings (SSSR count). The number of hydrogen-bond donors (Lipinski definition) is 1. The maximum atomic E-state index is 14.2. The molecule has 0 saturated heterocycles. The minimum atomic E-state index is -0.790. The largest absolute Gasteiger partial charge is 0.481 e. The Kier molecular flexibility index (Phi) is 7.62. The maximum absolute atomic E-state index is 14.2. The SMILES string of the molecule is C[C@H](Oc1ccc2c(c1)[C@@H](c1cccc(F)c1)N(C(=O)C(C)(C)C)CC2)C(=O)NCc1ccc(F)cc1. The zero-order chi connectivity index (χ0) is 26.7. The van der Waals surface area contributed by atoms with Crippen LogP contribution in [-0.2, 0) is 22.6 Å². The second-order valence-corrected chi connectivity index (χ2v) is 10.4. The van der Waals surface area contributed by atoms with E-state index in [4.69, 9.17) is 4.74 Å². The molecule has 0 bridgehead atoms. The molecule has 0 radical (unpaired) electrons. The molecule has 0 spiro atoms. The average Bonchev–Trinajstić information content (AvgIpc) is 2.86. The van der Waals surface area contributed by atoms with Gasteiger partial charge in [-0.2, -0.15) is 0 Å². The van der Waals surface area contributed by atoms with Gasteiger partial charge in [0.05, 0.1) is 6.04 Å². The van der Waals surface area contributed by atoms with E-state index in [1.807, 2.05) is 45.0 Å². The number of halogens is 2. The molecule has 1 heterocycles. The highest BCUT2D eigenvalue weighted by molar-refractivity contribution is 5.83. The maximum Gasteiger partial charge on any atom is 0.261 e. The van der Waals surface area contributed by atoms with Crippen LogP contribution in [-0.4, -0.2) is 29.4 Å². The first kappa shape index (κ1) is 26.3. The van der Waals surface area contributed by atoms with Crippen molar-refractivity contribution in [3.8, 4) is 5.75 Å². The van der Waals surface area contributed by atoms with E-state index in [0.717, 1.165) is 16.7 Å². The average molecular weight is 507 g/mol. The molecular weight excluding hydrogens is 474 g/mol. The van der Waals surface area contributed by atoms with Crippen molar-refractivity contribution in [1.29, 1.82) is 0 Å². The van der Waals surface area contributed by atoms with Crippen LogP contribution in [0.1, 0.15) is 56.0 Å². The van der Waals surface area contributed by atoms with Gasteiger partial charge >= 0.3 is 0 Å². The molecule has 0 saturated carbocycles. The van der Waals surface area contributed by atoms with Gasteiger partial charge in [0.25, 0.3) is 5.91 Å². The normalized spacial score (nSPS) is 16.1. The van der Waals surface area contributed by atoms with Crippen LogP contribution < -0.4 is 10.1 Å². The topological polar surface area (TPSA) is 58.6 Å². The van der Waals surface area contributed by atoms with Crippen molar-refractivity contribution in [1.82, 2.24) is 10.2 Å². The first-order chi connectivity index (χ1) is 17.5. The van der Waals surface area contributed by atoms with Crippen LogP contribution in [0.25, 0.3) is 0 Å². The Morgan fingerprint density at radius 1 is 1.03 bits per heavy atom. The van der Waals surface area contributed by atoms with Gasteiger partial charge in [0.2, 0.25) is 5.91 Å². The molecule has 0 aliphatic carbocycles. The van der Waals surface area contributed by atoms with Crippen molar-refractivity contribution in [2.75, 3.05) is 6.54 Å². The van der Waals surface area contributed by atoms with E-state index < -0.39 is 17.6 Å². The minimum Gasteiger partial charge on any atom is -0.481 e. The zero-order valence-corrected chi connectivity index (χ0v) is 21.6. The smallest absolute Gasteiger partial charge is 0.261 e. The van der Waals surface area contributed by atoms with Gasteiger partial charge in [-0.05, 0) is 72.0 Å². The van der Waals surface area contributed by atoms with Crippen molar-refractivity contribution >= 4 is 11.8 Å². The molecule has 0 fully saturated rings. The van der Waals surface area contributed by atoms with Crippen LogP contribution in [0.4, 0.5) is 8.78 Å². The Bertz CT molecular complexity index is 1280. The fourth-order valence-electron chi connectivity index (χ4n) is 4.55. The molecule has 0 aromatic heterocycles. The van der Waals surface area contributed by atoms with Crippen LogP contribution >= 0.6 is 0 Å². The summed E-state index contributed by atoms with van der Waals surface area (Å²) in [4.78, 5) is 27.8. The fourth-order valence-corrected chi connectivity index (χ4v) is 4.55. The number of ether oxygens (including phenoxy) is 1. The van der Waals surface area contributed by atoms with Gasteiger partial charge in [-0.25, -0.2) is 8.78 Å². The van der Waals surface area contributed by atoms with Gasteiger partial charge in [0.1, 0.15) is 17.4 Å². The van der Waals surface area contributed by atoms with Gasteiger partial charge in [-0.15, -0.1) is 0 Å². The summed E-state index contributed by atoms with van der Waals surface area (Å²) < 4.78 is 33.3. The summed E-state index contributed by atoms with van der Waals surface area (Å²) >= 11 is 0. The highest BCUT2D eigenvalue weighted by Gasteiger charge is 2.37. The number of benzene rings is 3. The van der Waals surface area contributed by atoms with Crippen molar-refractivity contribution in [2.45, 2.75) is 52.8 Å². The Balaban J connectivity index is 1.57. The van der Waals surface area contributed by atoms with Gasteiger partial charge in [-0.1, -0.05) is 51.1 Å². The summed E-state index contributed by atoms with van der Waals surface area (Å²) in [7, 11) is 0. The molecule has 5 nitrogen and oxygen atoms in total. The van der Waals surface area contributed by atoms with E-state index in [9.17, 15) is 18.4 Å². The molecule has 1 aliphatic heterocycles.